The molecule has 0 saturated carbocycles. The van der Waals surface area contributed by atoms with Crippen molar-refractivity contribution < 1.29 is 17.2 Å². The SMILES string of the molecule is [N-]=[N+]=[N][Ir]([N]=[N+]=[N-])[N]=[N+]=[N-]. The second kappa shape index (κ2) is 5.71. The van der Waals surface area contributed by atoms with Gasteiger partial charge in [0.05, 0.1) is 0 Å². The molecule has 0 aliphatic rings. The van der Waals surface area contributed by atoms with Crippen LogP contribution >= 0.6 is 0 Å². The fourth-order valence-electron chi connectivity index (χ4n) is 0.120. The minimum absolute atomic E-state index is 2.34. The maximum absolute atomic E-state index is 7.82. The van der Waals surface area contributed by atoms with E-state index in [1.165, 1.54) is 0 Å². The van der Waals surface area contributed by atoms with E-state index in [9.17, 15) is 0 Å². The molecule has 0 aromatic heterocycles. The van der Waals surface area contributed by atoms with Crippen molar-refractivity contribution in [3.8, 4) is 0 Å². The van der Waals surface area contributed by atoms with Crippen molar-refractivity contribution in [2.24, 2.45) is 11.4 Å². The summed E-state index contributed by atoms with van der Waals surface area (Å²) < 4.78 is 9.03. The number of hydrogen-bond donors (Lipinski definition) is 0. The van der Waals surface area contributed by atoms with Gasteiger partial charge in [0.25, 0.3) is 0 Å². The second-order valence-corrected chi connectivity index (χ2v) is 3.54. The van der Waals surface area contributed by atoms with E-state index >= 15 is 0 Å². The zero-order valence-corrected chi connectivity index (χ0v) is 6.75. The Labute approximate surface area is 60.5 Å². The van der Waals surface area contributed by atoms with Crippen molar-refractivity contribution in [2.45, 2.75) is 0 Å². The van der Waals surface area contributed by atoms with Gasteiger partial charge < -0.3 is 0 Å². The van der Waals surface area contributed by atoms with E-state index < -0.39 is 17.2 Å². The Morgan fingerprint density at radius 3 is 1.30 bits per heavy atom. The van der Waals surface area contributed by atoms with Gasteiger partial charge in [-0.2, -0.15) is 0 Å². The van der Waals surface area contributed by atoms with E-state index in [-0.39, 0.29) is 0 Å². The molecule has 0 fully saturated rings. The molecule has 9 nitrogen and oxygen atoms in total. The van der Waals surface area contributed by atoms with Crippen molar-refractivity contribution in [2.75, 3.05) is 0 Å². The fraction of sp³-hybridized carbons (Fsp3) is 0. The molecule has 0 aliphatic heterocycles. The van der Waals surface area contributed by atoms with Crippen LogP contribution in [0.5, 0.6) is 0 Å². The molecule has 0 aromatic rings. The zero-order valence-electron chi connectivity index (χ0n) is 4.36. The van der Waals surface area contributed by atoms with Crippen LogP contribution in [0.3, 0.4) is 0 Å². The second-order valence-electron chi connectivity index (χ2n) is 0.668. The quantitative estimate of drug-likeness (QED) is 0.427. The molecule has 54 valence electrons. The van der Waals surface area contributed by atoms with Crippen LogP contribution < -0.4 is 0 Å². The molecule has 0 spiro atoms. The number of azide groups is 1. The monoisotopic (exact) mass is 319 g/mol. The zero-order chi connectivity index (χ0) is 7.82. The molecule has 0 radical (unpaired) electrons. The molecule has 0 bridgehead atoms. The van der Waals surface area contributed by atoms with Crippen molar-refractivity contribution >= 4 is 0 Å². The van der Waals surface area contributed by atoms with Crippen LogP contribution in [0.25, 0.3) is 31.3 Å². The van der Waals surface area contributed by atoms with Crippen LogP contribution in [0, 0.1) is 0 Å². The molecular weight excluding hydrogens is 318 g/mol. The summed E-state index contributed by atoms with van der Waals surface area (Å²) in [6.45, 7) is 0. The summed E-state index contributed by atoms with van der Waals surface area (Å²) in [4.78, 5) is 7.03. The van der Waals surface area contributed by atoms with Gasteiger partial charge in [-0.1, -0.05) is 0 Å². The average Bonchev–Trinajstić information content (AvgIpc) is 1.90. The van der Waals surface area contributed by atoms with Crippen molar-refractivity contribution in [1.29, 1.82) is 0 Å². The Balaban J connectivity index is 4.39. The van der Waals surface area contributed by atoms with Crippen LogP contribution in [0.2, 0.25) is 0 Å². The van der Waals surface area contributed by atoms with E-state index in [0.717, 1.165) is 0 Å². The van der Waals surface area contributed by atoms with Crippen molar-refractivity contribution in [3.63, 3.8) is 0 Å². The summed E-state index contributed by atoms with van der Waals surface area (Å²) in [6.07, 6.45) is 0. The van der Waals surface area contributed by atoms with Gasteiger partial charge in [0, 0.05) is 0 Å². The van der Waals surface area contributed by atoms with E-state index in [1.54, 1.807) is 0 Å². The van der Waals surface area contributed by atoms with Crippen LogP contribution in [-0.2, 0) is 17.2 Å². The standard InChI is InChI=1S/Ir.3N3/c;3*1-3-2/q+3;3*-1. The van der Waals surface area contributed by atoms with Gasteiger partial charge >= 0.3 is 59.9 Å². The summed E-state index contributed by atoms with van der Waals surface area (Å²) in [5.74, 6) is 0. The van der Waals surface area contributed by atoms with Gasteiger partial charge in [0.15, 0.2) is 0 Å². The maximum atomic E-state index is 7.82. The topological polar surface area (TPSA) is 146 Å². The number of rotatable bonds is 3. The van der Waals surface area contributed by atoms with Crippen LogP contribution in [0.15, 0.2) is 11.4 Å². The molecule has 0 aromatic carbocycles. The van der Waals surface area contributed by atoms with Gasteiger partial charge in [0.2, 0.25) is 0 Å². The first kappa shape index (κ1) is 8.58. The molecule has 0 aliphatic carbocycles. The van der Waals surface area contributed by atoms with Crippen LogP contribution in [0.1, 0.15) is 0 Å². The molecular formula is IrN9. The minimum atomic E-state index is -2.86. The third-order valence-corrected chi connectivity index (χ3v) is 2.20. The first-order chi connectivity index (χ1) is 4.85. The molecule has 0 unspecified atom stereocenters. The van der Waals surface area contributed by atoms with E-state index in [4.69, 9.17) is 16.6 Å². The van der Waals surface area contributed by atoms with Gasteiger partial charge in [-0.3, -0.25) is 0 Å². The van der Waals surface area contributed by atoms with Gasteiger partial charge in [0.1, 0.15) is 0 Å². The first-order valence-electron chi connectivity index (χ1n) is 1.65. The Morgan fingerprint density at radius 2 is 1.10 bits per heavy atom. The molecule has 10 heavy (non-hydrogen) atoms. The summed E-state index contributed by atoms with van der Waals surface area (Å²) >= 11 is -2.86. The number of hydrogen-bond acceptors (Lipinski definition) is 3. The van der Waals surface area contributed by atoms with E-state index in [1.807, 2.05) is 0 Å². The van der Waals surface area contributed by atoms with Gasteiger partial charge in [-0.05, 0) is 0 Å². The molecule has 0 heterocycles. The molecule has 0 atom stereocenters. The number of nitrogens with zero attached hydrogens (tertiary/aromatic N) is 9. The summed E-state index contributed by atoms with van der Waals surface area (Å²) in [5, 5.41) is 0. The molecule has 0 amide bonds. The third-order valence-electron chi connectivity index (χ3n) is 0.268. The average molecular weight is 318 g/mol. The van der Waals surface area contributed by atoms with Gasteiger partial charge in [-0.15, -0.1) is 0 Å². The molecule has 10 heteroatoms. The van der Waals surface area contributed by atoms with Crippen LogP contribution in [-0.4, -0.2) is 0 Å². The first-order valence-corrected chi connectivity index (χ1v) is 4.86. The van der Waals surface area contributed by atoms with E-state index in [2.05, 4.69) is 26.1 Å². The Morgan fingerprint density at radius 1 is 0.800 bits per heavy atom. The Kier molecular flexibility index (Phi) is 4.90. The summed E-state index contributed by atoms with van der Waals surface area (Å²) in [6, 6.07) is 0. The Hall–Kier alpha value is -1.42. The molecule has 0 N–H and O–H groups in total. The summed E-state index contributed by atoms with van der Waals surface area (Å²) in [7, 11) is 0. The normalized spacial score (nSPS) is 7.80. The fourth-order valence-corrected chi connectivity index (χ4v) is 0.982. The van der Waals surface area contributed by atoms with Gasteiger partial charge in [-0.25, -0.2) is 0 Å². The molecule has 0 saturated heterocycles. The Bertz CT molecular complexity index is 189. The van der Waals surface area contributed by atoms with E-state index in [0.29, 0.717) is 0 Å². The summed E-state index contributed by atoms with van der Waals surface area (Å²) in [5.41, 5.74) is 23.5. The third kappa shape index (κ3) is 3.57. The van der Waals surface area contributed by atoms with Crippen LogP contribution in [0.4, 0.5) is 0 Å². The van der Waals surface area contributed by atoms with Crippen molar-refractivity contribution in [1.82, 2.24) is 0 Å². The predicted octanol–water partition coefficient (Wildman–Crippen LogP) is 2.28. The molecule has 0 rings (SSSR count). The van der Waals surface area contributed by atoms with Crippen molar-refractivity contribution in [3.05, 3.63) is 31.3 Å². The predicted molar refractivity (Wildman–Crippen MR) is 27.4 cm³/mol.